The maximum atomic E-state index is 14.0. The molecule has 2 amide bonds. The third kappa shape index (κ3) is 6.29. The molecule has 1 aliphatic heterocycles. The molecule has 3 aromatic carbocycles. The average Bonchev–Trinajstić information content (AvgIpc) is 3.44. The number of piperidine rings is 1. The minimum Gasteiger partial charge on any atom is -0.343 e. The van der Waals surface area contributed by atoms with Crippen molar-refractivity contribution in [1.82, 2.24) is 9.88 Å². The molecule has 0 bridgehead atoms. The van der Waals surface area contributed by atoms with Crippen LogP contribution in [0, 0.1) is 5.82 Å². The van der Waals surface area contributed by atoms with Gasteiger partial charge in [-0.1, -0.05) is 54.1 Å². The van der Waals surface area contributed by atoms with Gasteiger partial charge in [-0.2, -0.15) is 0 Å². The van der Waals surface area contributed by atoms with E-state index in [9.17, 15) is 14.0 Å². The second-order valence-corrected chi connectivity index (χ2v) is 10.7. The maximum absolute atomic E-state index is 14.0. The van der Waals surface area contributed by atoms with E-state index in [1.165, 1.54) is 29.0 Å². The second-order valence-electron chi connectivity index (χ2n) is 9.36. The fraction of sp³-hybridized carbons (Fsp3) is 0.233. The molecule has 0 saturated carbocycles. The third-order valence-electron chi connectivity index (χ3n) is 6.81. The number of likely N-dealkylation sites (tertiary alicyclic amines) is 1. The van der Waals surface area contributed by atoms with Crippen LogP contribution in [0.15, 0.2) is 78.2 Å². The lowest BCUT2D eigenvalue weighted by Gasteiger charge is -2.31. The molecular weight excluding hydrogens is 521 g/mol. The fourth-order valence-electron chi connectivity index (χ4n) is 4.69. The SMILES string of the molecule is O=C(Nc1ccc(F)cc1-c1ccc(Cl)cc1)c1csc(C2CCN(C(=O)CCc3ccccc3)CC2)n1. The van der Waals surface area contributed by atoms with E-state index in [4.69, 9.17) is 11.6 Å². The number of anilines is 1. The summed E-state index contributed by atoms with van der Waals surface area (Å²) in [5, 5.41) is 6.13. The van der Waals surface area contributed by atoms with Gasteiger partial charge in [0.25, 0.3) is 5.91 Å². The highest BCUT2D eigenvalue weighted by Gasteiger charge is 2.26. The molecule has 4 aromatic rings. The summed E-state index contributed by atoms with van der Waals surface area (Å²) in [7, 11) is 0. The Labute approximate surface area is 230 Å². The summed E-state index contributed by atoms with van der Waals surface area (Å²) in [5.41, 5.74) is 3.31. The van der Waals surface area contributed by atoms with Crippen LogP contribution in [-0.4, -0.2) is 34.8 Å². The Balaban J connectivity index is 1.19. The van der Waals surface area contributed by atoms with Gasteiger partial charge in [0, 0.05) is 47.1 Å². The Kier molecular flexibility index (Phi) is 8.15. The predicted molar refractivity (Wildman–Crippen MR) is 150 cm³/mol. The zero-order chi connectivity index (χ0) is 26.5. The Morgan fingerprint density at radius 1 is 1.03 bits per heavy atom. The highest BCUT2D eigenvalue weighted by molar-refractivity contribution is 7.10. The van der Waals surface area contributed by atoms with Crippen molar-refractivity contribution in [2.24, 2.45) is 0 Å². The number of nitrogens with zero attached hydrogens (tertiary/aromatic N) is 2. The summed E-state index contributed by atoms with van der Waals surface area (Å²) in [4.78, 5) is 32.3. The lowest BCUT2D eigenvalue weighted by molar-refractivity contribution is -0.132. The summed E-state index contributed by atoms with van der Waals surface area (Å²) in [6, 6.07) is 21.3. The molecule has 0 spiro atoms. The van der Waals surface area contributed by atoms with Crippen LogP contribution in [0.25, 0.3) is 11.1 Å². The molecule has 5 nitrogen and oxygen atoms in total. The maximum Gasteiger partial charge on any atom is 0.275 e. The van der Waals surface area contributed by atoms with Crippen molar-refractivity contribution in [3.05, 3.63) is 105 Å². The largest absolute Gasteiger partial charge is 0.343 e. The summed E-state index contributed by atoms with van der Waals surface area (Å²) in [6.45, 7) is 1.39. The van der Waals surface area contributed by atoms with Gasteiger partial charge in [-0.3, -0.25) is 9.59 Å². The first-order valence-corrected chi connectivity index (χ1v) is 13.9. The van der Waals surface area contributed by atoms with Crippen LogP contribution in [0.1, 0.15) is 46.2 Å². The normalized spacial score (nSPS) is 13.9. The third-order valence-corrected chi connectivity index (χ3v) is 8.07. The molecule has 1 aromatic heterocycles. The van der Waals surface area contributed by atoms with E-state index < -0.39 is 5.82 Å². The fourth-order valence-corrected chi connectivity index (χ4v) is 5.79. The van der Waals surface area contributed by atoms with Crippen LogP contribution >= 0.6 is 22.9 Å². The summed E-state index contributed by atoms with van der Waals surface area (Å²) in [6.07, 6.45) is 2.91. The Bertz CT molecular complexity index is 1420. The zero-order valence-corrected chi connectivity index (χ0v) is 22.3. The molecule has 1 aliphatic rings. The quantitative estimate of drug-likeness (QED) is 0.266. The van der Waals surface area contributed by atoms with Gasteiger partial charge < -0.3 is 10.2 Å². The van der Waals surface area contributed by atoms with Crippen LogP contribution in [0.4, 0.5) is 10.1 Å². The van der Waals surface area contributed by atoms with Crippen molar-refractivity contribution in [3.8, 4) is 11.1 Å². The number of carbonyl (C=O) groups excluding carboxylic acids is 2. The van der Waals surface area contributed by atoms with Crippen molar-refractivity contribution in [3.63, 3.8) is 0 Å². The lowest BCUT2D eigenvalue weighted by Crippen LogP contribution is -2.38. The minimum absolute atomic E-state index is 0.183. The molecule has 0 radical (unpaired) electrons. The van der Waals surface area contributed by atoms with Crippen molar-refractivity contribution in [1.29, 1.82) is 0 Å². The van der Waals surface area contributed by atoms with Gasteiger partial charge >= 0.3 is 0 Å². The van der Waals surface area contributed by atoms with Crippen molar-refractivity contribution < 1.29 is 14.0 Å². The number of aromatic nitrogens is 1. The number of nitrogens with one attached hydrogen (secondary N) is 1. The molecule has 5 rings (SSSR count). The number of thiazole rings is 1. The zero-order valence-electron chi connectivity index (χ0n) is 20.7. The molecular formula is C30H27ClFN3O2S. The van der Waals surface area contributed by atoms with Crippen LogP contribution in [-0.2, 0) is 11.2 Å². The summed E-state index contributed by atoms with van der Waals surface area (Å²) >= 11 is 7.46. The molecule has 1 N–H and O–H groups in total. The van der Waals surface area contributed by atoms with Gasteiger partial charge in [0.2, 0.25) is 5.91 Å². The molecule has 1 fully saturated rings. The number of halogens is 2. The van der Waals surface area contributed by atoms with Crippen molar-refractivity contribution in [2.75, 3.05) is 18.4 Å². The first kappa shape index (κ1) is 26.1. The van der Waals surface area contributed by atoms with E-state index >= 15 is 0 Å². The first-order chi connectivity index (χ1) is 18.5. The molecule has 0 atom stereocenters. The minimum atomic E-state index is -0.395. The Hall–Kier alpha value is -3.55. The average molecular weight is 548 g/mol. The van der Waals surface area contributed by atoms with E-state index in [2.05, 4.69) is 10.3 Å². The second kappa shape index (κ2) is 11.9. The van der Waals surface area contributed by atoms with E-state index in [0.717, 1.165) is 29.8 Å². The molecule has 0 unspecified atom stereocenters. The van der Waals surface area contributed by atoms with E-state index in [1.807, 2.05) is 35.2 Å². The smallest absolute Gasteiger partial charge is 0.275 e. The topological polar surface area (TPSA) is 62.3 Å². The predicted octanol–water partition coefficient (Wildman–Crippen LogP) is 7.19. The summed E-state index contributed by atoms with van der Waals surface area (Å²) < 4.78 is 14.0. The van der Waals surface area contributed by atoms with Crippen LogP contribution in [0.5, 0.6) is 0 Å². The monoisotopic (exact) mass is 547 g/mol. The lowest BCUT2D eigenvalue weighted by atomic mass is 9.97. The molecule has 2 heterocycles. The van der Waals surface area contributed by atoms with Crippen molar-refractivity contribution >= 4 is 40.4 Å². The number of amides is 2. The number of benzene rings is 3. The molecule has 8 heteroatoms. The van der Waals surface area contributed by atoms with Crippen LogP contribution in [0.2, 0.25) is 5.02 Å². The molecule has 0 aliphatic carbocycles. The number of carbonyl (C=O) groups is 2. The van der Waals surface area contributed by atoms with E-state index in [1.54, 1.807) is 35.7 Å². The first-order valence-electron chi connectivity index (χ1n) is 12.6. The molecule has 1 saturated heterocycles. The van der Waals surface area contributed by atoms with E-state index in [-0.39, 0.29) is 17.7 Å². The van der Waals surface area contributed by atoms with Gasteiger partial charge in [-0.25, -0.2) is 9.37 Å². The summed E-state index contributed by atoms with van der Waals surface area (Å²) in [5.74, 6) is -0.339. The highest BCUT2D eigenvalue weighted by atomic mass is 35.5. The van der Waals surface area contributed by atoms with Crippen LogP contribution in [0.3, 0.4) is 0 Å². The van der Waals surface area contributed by atoms with Crippen LogP contribution < -0.4 is 5.32 Å². The Morgan fingerprint density at radius 3 is 2.50 bits per heavy atom. The Morgan fingerprint density at radius 2 is 1.76 bits per heavy atom. The highest BCUT2D eigenvalue weighted by Crippen LogP contribution is 2.32. The number of hydrogen-bond donors (Lipinski definition) is 1. The standard InChI is InChI=1S/C30H27ClFN3O2S/c31-23-9-7-21(8-10-23)25-18-24(32)11-12-26(25)33-29(37)27-19-38-30(34-27)22-14-16-35(17-15-22)28(36)13-6-20-4-2-1-3-5-20/h1-5,7-12,18-19,22H,6,13-17H2,(H,33,37). The number of hydrogen-bond acceptors (Lipinski definition) is 4. The molecule has 38 heavy (non-hydrogen) atoms. The van der Waals surface area contributed by atoms with Crippen molar-refractivity contribution in [2.45, 2.75) is 31.6 Å². The van der Waals surface area contributed by atoms with Gasteiger partial charge in [0.15, 0.2) is 0 Å². The molecule has 194 valence electrons. The van der Waals surface area contributed by atoms with Gasteiger partial charge in [0.05, 0.1) is 5.01 Å². The number of rotatable bonds is 7. The van der Waals surface area contributed by atoms with Gasteiger partial charge in [0.1, 0.15) is 11.5 Å². The number of aryl methyl sites for hydroxylation is 1. The van der Waals surface area contributed by atoms with E-state index in [0.29, 0.717) is 41.5 Å². The van der Waals surface area contributed by atoms with Gasteiger partial charge in [-0.15, -0.1) is 11.3 Å². The van der Waals surface area contributed by atoms with Gasteiger partial charge in [-0.05, 0) is 60.7 Å².